The highest BCUT2D eigenvalue weighted by Gasteiger charge is 2.23. The number of rotatable bonds is 8. The molecule has 0 aliphatic rings. The highest BCUT2D eigenvalue weighted by Crippen LogP contribution is 2.37. The average Bonchev–Trinajstić information content (AvgIpc) is 3.53. The summed E-state index contributed by atoms with van der Waals surface area (Å²) < 4.78 is 41.4. The molecule has 5 rings (SSSR count). The number of benzene rings is 2. The molecule has 0 atom stereocenters. The van der Waals surface area contributed by atoms with Crippen LogP contribution in [0.1, 0.15) is 18.4 Å². The zero-order valence-electron chi connectivity index (χ0n) is 23.1. The van der Waals surface area contributed by atoms with Crippen molar-refractivity contribution >= 4 is 28.7 Å². The number of anilines is 2. The van der Waals surface area contributed by atoms with Gasteiger partial charge in [0.15, 0.2) is 17.3 Å². The molecule has 0 unspecified atom stereocenters. The van der Waals surface area contributed by atoms with E-state index in [1.807, 2.05) is 13.0 Å². The Morgan fingerprint density at radius 2 is 1.62 bits per heavy atom. The Labute approximate surface area is 239 Å². The topological polar surface area (TPSA) is 123 Å². The minimum Gasteiger partial charge on any atom is -0.452 e. The highest BCUT2D eigenvalue weighted by atomic mass is 19.1. The molecular formula is C30H26F2N6O4. The Morgan fingerprint density at radius 3 is 2.26 bits per heavy atom. The van der Waals surface area contributed by atoms with Crippen molar-refractivity contribution in [3.8, 4) is 22.6 Å². The number of ether oxygens (including phenoxy) is 1. The monoisotopic (exact) mass is 572 g/mol. The number of hydrogen-bond acceptors (Lipinski definition) is 7. The number of carbonyl (C=O) groups is 2. The largest absolute Gasteiger partial charge is 0.452 e. The summed E-state index contributed by atoms with van der Waals surface area (Å²) in [4.78, 5) is 26.0. The summed E-state index contributed by atoms with van der Waals surface area (Å²) >= 11 is 0. The van der Waals surface area contributed by atoms with E-state index in [-0.39, 0.29) is 22.7 Å². The summed E-state index contributed by atoms with van der Waals surface area (Å²) in [6.45, 7) is 5.17. The van der Waals surface area contributed by atoms with Crippen LogP contribution in [0.25, 0.3) is 16.6 Å². The molecular weight excluding hydrogens is 546 g/mol. The first kappa shape index (κ1) is 28.0. The molecule has 3 N–H and O–H groups in total. The minimum absolute atomic E-state index is 0.0942. The minimum atomic E-state index is -0.775. The van der Waals surface area contributed by atoms with E-state index in [2.05, 4.69) is 26.2 Å². The Bertz CT molecular complexity index is 1820. The average molecular weight is 573 g/mol. The smallest absolute Gasteiger partial charge is 0.263 e. The van der Waals surface area contributed by atoms with Gasteiger partial charge in [0.1, 0.15) is 22.7 Å². The van der Waals surface area contributed by atoms with E-state index >= 15 is 4.39 Å². The van der Waals surface area contributed by atoms with Crippen LogP contribution in [0.2, 0.25) is 0 Å². The second-order valence-corrected chi connectivity index (χ2v) is 9.33. The van der Waals surface area contributed by atoms with Crippen molar-refractivity contribution in [3.05, 3.63) is 101 Å². The molecule has 10 nitrogen and oxygen atoms in total. The van der Waals surface area contributed by atoms with Gasteiger partial charge in [-0.15, -0.1) is 0 Å². The Morgan fingerprint density at radius 1 is 0.929 bits per heavy atom. The number of allylic oxidation sites excluding steroid dienone is 1. The van der Waals surface area contributed by atoms with Crippen LogP contribution in [-0.2, 0) is 9.59 Å². The lowest BCUT2D eigenvalue weighted by atomic mass is 10.1. The van der Waals surface area contributed by atoms with E-state index in [1.54, 1.807) is 37.7 Å². The zero-order valence-corrected chi connectivity index (χ0v) is 23.1. The van der Waals surface area contributed by atoms with Crippen molar-refractivity contribution in [2.75, 3.05) is 17.7 Å². The van der Waals surface area contributed by atoms with Crippen LogP contribution in [0.15, 0.2) is 82.8 Å². The SMILES string of the molecule is CN/C(C)=C(\C(=O)Nc1ccc(F)cc1)C(=O)Nc1ccc(Oc2ccnn3ccc(-c4c(C)noc4C)c23)c(F)c1. The predicted molar refractivity (Wildman–Crippen MR) is 152 cm³/mol. The zero-order chi connectivity index (χ0) is 30.0. The van der Waals surface area contributed by atoms with Gasteiger partial charge in [0.2, 0.25) is 0 Å². The van der Waals surface area contributed by atoms with Crippen LogP contribution in [-0.4, -0.2) is 33.6 Å². The van der Waals surface area contributed by atoms with E-state index in [9.17, 15) is 14.0 Å². The molecule has 2 amide bonds. The molecule has 0 saturated carbocycles. The summed E-state index contributed by atoms with van der Waals surface area (Å²) in [7, 11) is 1.55. The van der Waals surface area contributed by atoms with E-state index < -0.39 is 23.4 Å². The molecule has 0 aliphatic heterocycles. The van der Waals surface area contributed by atoms with Crippen molar-refractivity contribution in [2.24, 2.45) is 0 Å². The van der Waals surface area contributed by atoms with E-state index in [4.69, 9.17) is 9.26 Å². The van der Waals surface area contributed by atoms with Crippen LogP contribution < -0.4 is 20.7 Å². The molecule has 12 heteroatoms. The van der Waals surface area contributed by atoms with Crippen LogP contribution >= 0.6 is 0 Å². The van der Waals surface area contributed by atoms with Crippen LogP contribution in [0.3, 0.4) is 0 Å². The standard InChI is InChI=1S/C30H26F2N6O4/c1-16(33-4)27(29(39)35-20-7-5-19(31)6-8-20)30(40)36-21-9-10-24(23(32)15-21)41-25-11-13-34-38-14-12-22(28(25)38)26-17(2)37-42-18(26)3/h5-15,33H,1-4H3,(H,35,39)(H,36,40)/b27-16+. The number of aromatic nitrogens is 3. The summed E-state index contributed by atoms with van der Waals surface area (Å²) in [5.41, 5.74) is 3.27. The molecule has 5 aromatic rings. The molecule has 0 radical (unpaired) electrons. The van der Waals surface area contributed by atoms with Crippen LogP contribution in [0.4, 0.5) is 20.2 Å². The predicted octanol–water partition coefficient (Wildman–Crippen LogP) is 5.75. The van der Waals surface area contributed by atoms with Gasteiger partial charge in [-0.05, 0) is 63.2 Å². The Hall–Kier alpha value is -5.52. The lowest BCUT2D eigenvalue weighted by molar-refractivity contribution is -0.118. The molecule has 3 aromatic heterocycles. The van der Waals surface area contributed by atoms with Gasteiger partial charge in [0.05, 0.1) is 11.9 Å². The lowest BCUT2D eigenvalue weighted by Gasteiger charge is -2.14. The molecule has 3 heterocycles. The maximum absolute atomic E-state index is 15.3. The molecule has 0 spiro atoms. The van der Waals surface area contributed by atoms with Gasteiger partial charge in [-0.25, -0.2) is 13.3 Å². The van der Waals surface area contributed by atoms with Gasteiger partial charge in [-0.3, -0.25) is 9.59 Å². The fraction of sp³-hybridized carbons (Fsp3) is 0.133. The van der Waals surface area contributed by atoms with Crippen molar-refractivity contribution in [1.82, 2.24) is 20.1 Å². The number of nitrogens with zero attached hydrogens (tertiary/aromatic N) is 3. The third kappa shape index (κ3) is 5.55. The van der Waals surface area contributed by atoms with Crippen molar-refractivity contribution in [1.29, 1.82) is 0 Å². The van der Waals surface area contributed by atoms with Crippen molar-refractivity contribution in [3.63, 3.8) is 0 Å². The third-order valence-electron chi connectivity index (χ3n) is 6.54. The van der Waals surface area contributed by atoms with Crippen LogP contribution in [0, 0.1) is 25.5 Å². The fourth-order valence-electron chi connectivity index (χ4n) is 4.44. The number of halogens is 2. The van der Waals surface area contributed by atoms with Gasteiger partial charge in [0, 0.05) is 53.6 Å². The highest BCUT2D eigenvalue weighted by molar-refractivity contribution is 6.26. The van der Waals surface area contributed by atoms with Gasteiger partial charge in [0.25, 0.3) is 11.8 Å². The molecule has 2 aromatic carbocycles. The third-order valence-corrected chi connectivity index (χ3v) is 6.54. The maximum Gasteiger partial charge on any atom is 0.263 e. The quantitative estimate of drug-likeness (QED) is 0.123. The summed E-state index contributed by atoms with van der Waals surface area (Å²) in [6.07, 6.45) is 3.28. The van der Waals surface area contributed by atoms with Gasteiger partial charge in [-0.1, -0.05) is 5.16 Å². The first-order chi connectivity index (χ1) is 20.2. The Kier molecular flexibility index (Phi) is 7.69. The fourth-order valence-corrected chi connectivity index (χ4v) is 4.44. The second kappa shape index (κ2) is 11.5. The van der Waals surface area contributed by atoms with Crippen molar-refractivity contribution in [2.45, 2.75) is 20.8 Å². The molecule has 0 aliphatic carbocycles. The van der Waals surface area contributed by atoms with Gasteiger partial charge < -0.3 is 25.2 Å². The number of aryl methyl sites for hydroxylation is 2. The second-order valence-electron chi connectivity index (χ2n) is 9.33. The molecule has 214 valence electrons. The van der Waals surface area contributed by atoms with Crippen LogP contribution in [0.5, 0.6) is 11.5 Å². The van der Waals surface area contributed by atoms with Gasteiger partial charge in [-0.2, -0.15) is 5.10 Å². The first-order valence-corrected chi connectivity index (χ1v) is 12.8. The Balaban J connectivity index is 1.38. The summed E-state index contributed by atoms with van der Waals surface area (Å²) in [5, 5.41) is 16.2. The molecule has 0 saturated heterocycles. The summed E-state index contributed by atoms with van der Waals surface area (Å²) in [6, 6.07) is 12.5. The number of nitrogens with one attached hydrogen (secondary N) is 3. The number of hydrogen-bond donors (Lipinski definition) is 3. The number of fused-ring (bicyclic) bond motifs is 1. The van der Waals surface area contributed by atoms with E-state index in [0.29, 0.717) is 28.4 Å². The van der Waals surface area contributed by atoms with E-state index in [0.717, 1.165) is 17.2 Å². The number of carbonyl (C=O) groups excluding carboxylic acids is 2. The molecule has 0 fully saturated rings. The normalized spacial score (nSPS) is 11.7. The number of amides is 2. The molecule has 0 bridgehead atoms. The van der Waals surface area contributed by atoms with E-state index in [1.165, 1.54) is 42.6 Å². The molecule has 42 heavy (non-hydrogen) atoms. The van der Waals surface area contributed by atoms with Gasteiger partial charge >= 0.3 is 0 Å². The summed E-state index contributed by atoms with van der Waals surface area (Å²) in [5.74, 6) is -1.85. The maximum atomic E-state index is 15.3. The van der Waals surface area contributed by atoms with Crippen molar-refractivity contribution < 1.29 is 27.6 Å². The lowest BCUT2D eigenvalue weighted by Crippen LogP contribution is -2.29. The first-order valence-electron chi connectivity index (χ1n) is 12.8.